The number of hydrogen-bond acceptors (Lipinski definition) is 6. The van der Waals surface area contributed by atoms with Crippen LogP contribution in [0.4, 0.5) is 0 Å². The summed E-state index contributed by atoms with van der Waals surface area (Å²) >= 11 is 0. The number of sulfonamides is 1. The molecule has 2 heterocycles. The Labute approximate surface area is 204 Å². The molecule has 0 atom stereocenters. The molecular weight excluding hydrogens is 450 g/mol. The maximum atomic E-state index is 11.5. The first-order chi connectivity index (χ1) is 16.0. The molecule has 1 aliphatic heterocycles. The fourth-order valence-corrected chi connectivity index (χ4v) is 5.01. The van der Waals surface area contributed by atoms with Gasteiger partial charge < -0.3 is 9.47 Å². The van der Waals surface area contributed by atoms with Crippen molar-refractivity contribution in [1.29, 1.82) is 0 Å². The molecule has 0 amide bonds. The molecule has 0 unspecified atom stereocenters. The van der Waals surface area contributed by atoms with Gasteiger partial charge in [-0.1, -0.05) is 32.0 Å². The molecule has 1 aliphatic rings. The van der Waals surface area contributed by atoms with E-state index in [1.54, 1.807) is 0 Å². The lowest BCUT2D eigenvalue weighted by atomic mass is 9.94. The smallest absolute Gasteiger partial charge is 0.208 e. The summed E-state index contributed by atoms with van der Waals surface area (Å²) in [5.41, 5.74) is 6.37. The van der Waals surface area contributed by atoms with Crippen LogP contribution in [0.15, 0.2) is 24.3 Å². The van der Waals surface area contributed by atoms with E-state index in [0.29, 0.717) is 13.2 Å². The lowest BCUT2D eigenvalue weighted by Crippen LogP contribution is -2.47. The van der Waals surface area contributed by atoms with Gasteiger partial charge in [0.2, 0.25) is 10.0 Å². The van der Waals surface area contributed by atoms with Crippen molar-refractivity contribution in [2.24, 2.45) is 0 Å². The van der Waals surface area contributed by atoms with Crippen molar-refractivity contribution in [2.45, 2.75) is 59.6 Å². The Morgan fingerprint density at radius 2 is 1.88 bits per heavy atom. The summed E-state index contributed by atoms with van der Waals surface area (Å²) in [7, 11) is -3.27. The number of morpholine rings is 1. The van der Waals surface area contributed by atoms with Crippen molar-refractivity contribution >= 4 is 10.0 Å². The number of aromatic nitrogens is 1. The number of hydrogen-bond donors (Lipinski definition) is 1. The predicted octanol–water partition coefficient (Wildman–Crippen LogP) is 3.72. The van der Waals surface area contributed by atoms with Crippen LogP contribution in [0.3, 0.4) is 0 Å². The number of nitrogens with zero attached hydrogens (tertiary/aromatic N) is 2. The summed E-state index contributed by atoms with van der Waals surface area (Å²) in [5, 5.41) is 0. The summed E-state index contributed by atoms with van der Waals surface area (Å²) in [6.07, 6.45) is 2.99. The summed E-state index contributed by atoms with van der Waals surface area (Å²) < 4.78 is 37.5. The fourth-order valence-electron chi connectivity index (χ4n) is 4.55. The first-order valence-corrected chi connectivity index (χ1v) is 14.0. The van der Waals surface area contributed by atoms with E-state index in [1.807, 2.05) is 13.0 Å². The number of pyridine rings is 1. The largest absolute Gasteiger partial charge is 0.492 e. The molecule has 0 aliphatic carbocycles. The average Bonchev–Trinajstić information content (AvgIpc) is 2.76. The van der Waals surface area contributed by atoms with Crippen molar-refractivity contribution in [1.82, 2.24) is 14.6 Å². The van der Waals surface area contributed by atoms with Crippen LogP contribution in [0.5, 0.6) is 5.75 Å². The Bertz CT molecular complexity index is 1080. The quantitative estimate of drug-likeness (QED) is 0.513. The highest BCUT2D eigenvalue weighted by Gasteiger charge is 2.28. The Kier molecular flexibility index (Phi) is 8.73. The van der Waals surface area contributed by atoms with Gasteiger partial charge in [-0.25, -0.2) is 13.1 Å². The number of benzene rings is 1. The second kappa shape index (κ2) is 11.2. The molecule has 1 aromatic heterocycles. The van der Waals surface area contributed by atoms with Crippen LogP contribution in [0.25, 0.3) is 11.3 Å². The lowest BCUT2D eigenvalue weighted by Gasteiger charge is -2.38. The van der Waals surface area contributed by atoms with Crippen molar-refractivity contribution in [2.75, 3.05) is 39.1 Å². The van der Waals surface area contributed by atoms with Crippen LogP contribution >= 0.6 is 0 Å². The van der Waals surface area contributed by atoms with Crippen LogP contribution < -0.4 is 9.46 Å². The minimum absolute atomic E-state index is 0.198. The topological polar surface area (TPSA) is 80.8 Å². The third kappa shape index (κ3) is 7.01. The van der Waals surface area contributed by atoms with Crippen LogP contribution in [0.1, 0.15) is 50.1 Å². The van der Waals surface area contributed by atoms with E-state index in [4.69, 9.17) is 14.5 Å². The first kappa shape index (κ1) is 26.6. The molecule has 1 saturated heterocycles. The van der Waals surface area contributed by atoms with Crippen molar-refractivity contribution in [3.8, 4) is 17.0 Å². The van der Waals surface area contributed by atoms with Gasteiger partial charge in [-0.15, -0.1) is 0 Å². The minimum atomic E-state index is -3.27. The van der Waals surface area contributed by atoms with E-state index in [2.05, 4.69) is 55.5 Å². The number of rotatable bonds is 10. The third-order valence-electron chi connectivity index (χ3n) is 6.16. The van der Waals surface area contributed by atoms with Crippen LogP contribution in [0, 0.1) is 6.92 Å². The molecule has 188 valence electrons. The summed E-state index contributed by atoms with van der Waals surface area (Å²) in [6, 6.07) is 8.45. The highest BCUT2D eigenvalue weighted by Crippen LogP contribution is 2.34. The Hall–Kier alpha value is -2.00. The molecule has 8 heteroatoms. The molecule has 1 N–H and O–H groups in total. The molecule has 0 radical (unpaired) electrons. The summed E-state index contributed by atoms with van der Waals surface area (Å²) in [4.78, 5) is 7.41. The molecule has 7 nitrogen and oxygen atoms in total. The van der Waals surface area contributed by atoms with Gasteiger partial charge in [0.05, 0.1) is 24.2 Å². The molecule has 2 aromatic rings. The van der Waals surface area contributed by atoms with Gasteiger partial charge in [-0.3, -0.25) is 9.88 Å². The Balaban J connectivity index is 1.98. The molecule has 0 spiro atoms. The first-order valence-electron chi connectivity index (χ1n) is 12.1. The predicted molar refractivity (Wildman–Crippen MR) is 137 cm³/mol. The van der Waals surface area contributed by atoms with E-state index in [9.17, 15) is 8.42 Å². The van der Waals surface area contributed by atoms with E-state index >= 15 is 0 Å². The van der Waals surface area contributed by atoms with E-state index in [-0.39, 0.29) is 18.8 Å². The van der Waals surface area contributed by atoms with Crippen molar-refractivity contribution in [3.63, 3.8) is 0 Å². The maximum Gasteiger partial charge on any atom is 0.208 e. The zero-order valence-electron chi connectivity index (χ0n) is 21.4. The van der Waals surface area contributed by atoms with Crippen LogP contribution in [-0.2, 0) is 34.1 Å². The third-order valence-corrected chi connectivity index (χ3v) is 6.88. The molecule has 0 saturated carbocycles. The second-order valence-electron chi connectivity index (χ2n) is 9.56. The summed E-state index contributed by atoms with van der Waals surface area (Å²) in [5.74, 6) is 0.759. The zero-order chi connectivity index (χ0) is 24.9. The highest BCUT2D eigenvalue weighted by molar-refractivity contribution is 7.88. The average molecular weight is 490 g/mol. The van der Waals surface area contributed by atoms with Gasteiger partial charge >= 0.3 is 0 Å². The number of ether oxygens (including phenoxy) is 2. The molecule has 1 fully saturated rings. The van der Waals surface area contributed by atoms with Crippen LogP contribution in [0.2, 0.25) is 0 Å². The van der Waals surface area contributed by atoms with Gasteiger partial charge in [0.15, 0.2) is 0 Å². The molecule has 1 aromatic carbocycles. The summed E-state index contributed by atoms with van der Waals surface area (Å²) in [6.45, 7) is 14.1. The van der Waals surface area contributed by atoms with Gasteiger partial charge in [-0.2, -0.15) is 0 Å². The molecule has 34 heavy (non-hydrogen) atoms. The normalized spacial score (nSPS) is 16.5. The zero-order valence-corrected chi connectivity index (χ0v) is 22.2. The molecular formula is C26H39N3O4S. The van der Waals surface area contributed by atoms with E-state index < -0.39 is 10.0 Å². The molecule has 0 bridgehead atoms. The van der Waals surface area contributed by atoms with Gasteiger partial charge in [0.1, 0.15) is 12.4 Å². The fraction of sp³-hybridized carbons (Fsp3) is 0.577. The lowest BCUT2D eigenvalue weighted by molar-refractivity contribution is -0.0884. The van der Waals surface area contributed by atoms with Gasteiger partial charge in [-0.05, 0) is 44.7 Å². The van der Waals surface area contributed by atoms with Crippen molar-refractivity contribution < 1.29 is 17.9 Å². The monoisotopic (exact) mass is 489 g/mol. The number of aryl methyl sites for hydroxylation is 3. The van der Waals surface area contributed by atoms with E-state index in [1.165, 1.54) is 16.7 Å². The maximum absolute atomic E-state index is 11.5. The second-order valence-corrected chi connectivity index (χ2v) is 11.4. The SMILES string of the molecule is CCc1cccc(CC)c1-c1cc(OCCNS(C)(=O)=O)c(CN2CCOC(C)(C)C2)c(C)n1. The van der Waals surface area contributed by atoms with Gasteiger partial charge in [0, 0.05) is 49.1 Å². The van der Waals surface area contributed by atoms with Gasteiger partial charge in [0.25, 0.3) is 0 Å². The number of nitrogens with one attached hydrogen (secondary N) is 1. The minimum Gasteiger partial charge on any atom is -0.492 e. The Morgan fingerprint density at radius 3 is 2.47 bits per heavy atom. The standard InChI is InChI=1S/C26H39N3O4S/c1-7-20-10-9-11-21(8-2)25(20)23-16-24(32-14-12-27-34(6,30)31)22(19(3)28-23)17-29-13-15-33-26(4,5)18-29/h9-11,16,27H,7-8,12-15,17-18H2,1-6H3. The van der Waals surface area contributed by atoms with Crippen LogP contribution in [-0.4, -0.2) is 63.0 Å². The Morgan fingerprint density at radius 1 is 1.21 bits per heavy atom. The van der Waals surface area contributed by atoms with E-state index in [0.717, 1.165) is 54.9 Å². The van der Waals surface area contributed by atoms with Crippen molar-refractivity contribution in [3.05, 3.63) is 46.6 Å². The molecule has 3 rings (SSSR count). The highest BCUT2D eigenvalue weighted by atomic mass is 32.2.